The van der Waals surface area contributed by atoms with Crippen molar-refractivity contribution in [2.45, 2.75) is 26.2 Å². The Morgan fingerprint density at radius 2 is 1.97 bits per heavy atom. The fourth-order valence-electron chi connectivity index (χ4n) is 3.19. The topological polar surface area (TPSA) is 76.4 Å². The number of carbonyl (C=O) groups is 2. The second-order valence-electron chi connectivity index (χ2n) is 6.90. The predicted octanol–water partition coefficient (Wildman–Crippen LogP) is 3.28. The number of thiocarbonyl (C=S) groups is 1. The summed E-state index contributed by atoms with van der Waals surface area (Å²) >= 11 is 5.52. The molecule has 1 saturated heterocycles. The van der Waals surface area contributed by atoms with Gasteiger partial charge in [0.15, 0.2) is 5.11 Å². The molecule has 1 N–H and O–H groups in total. The second kappa shape index (κ2) is 7.26. The SMILES string of the molecule is [2H]C([2H])([2H])c1cc(N2C(=O)C(C)(C)N(c3ccc(C(=O)NC)c(F)c3)C2=S)ccc1C#N. The molecule has 2 aromatic carbocycles. The molecule has 0 aliphatic carbocycles. The van der Waals surface area contributed by atoms with Gasteiger partial charge in [0.05, 0.1) is 22.9 Å². The first-order chi connectivity index (χ1) is 14.8. The van der Waals surface area contributed by atoms with Crippen LogP contribution in [0, 0.1) is 24.0 Å². The normalized spacial score (nSPS) is 17.4. The van der Waals surface area contributed by atoms with Crippen LogP contribution < -0.4 is 15.1 Å². The van der Waals surface area contributed by atoms with Gasteiger partial charge >= 0.3 is 0 Å². The molecule has 0 radical (unpaired) electrons. The lowest BCUT2D eigenvalue weighted by Crippen LogP contribution is -2.44. The van der Waals surface area contributed by atoms with E-state index >= 15 is 0 Å². The Kier molecular flexibility index (Phi) is 4.16. The zero-order chi connectivity index (χ0) is 24.0. The van der Waals surface area contributed by atoms with Crippen LogP contribution in [-0.2, 0) is 4.79 Å². The molecule has 29 heavy (non-hydrogen) atoms. The molecule has 148 valence electrons. The molecule has 0 saturated carbocycles. The summed E-state index contributed by atoms with van der Waals surface area (Å²) in [6.07, 6.45) is 0. The second-order valence-corrected chi connectivity index (χ2v) is 7.27. The van der Waals surface area contributed by atoms with Crippen LogP contribution in [0.15, 0.2) is 36.4 Å². The Labute approximate surface area is 177 Å². The minimum absolute atomic E-state index is 0.00768. The van der Waals surface area contributed by atoms with Gasteiger partial charge in [0.2, 0.25) is 0 Å². The third kappa shape index (κ3) is 3.23. The zero-order valence-electron chi connectivity index (χ0n) is 18.9. The fraction of sp³-hybridized carbons (Fsp3) is 0.238. The number of carbonyl (C=O) groups excluding carboxylic acids is 2. The zero-order valence-corrected chi connectivity index (χ0v) is 16.7. The summed E-state index contributed by atoms with van der Waals surface area (Å²) in [5.74, 6) is -1.83. The van der Waals surface area contributed by atoms with Gasteiger partial charge in [-0.3, -0.25) is 14.5 Å². The van der Waals surface area contributed by atoms with E-state index in [2.05, 4.69) is 5.32 Å². The van der Waals surface area contributed by atoms with Crippen LogP contribution >= 0.6 is 12.2 Å². The van der Waals surface area contributed by atoms with Crippen molar-refractivity contribution >= 4 is 40.5 Å². The first kappa shape index (κ1) is 16.6. The number of amides is 2. The number of hydrogen-bond donors (Lipinski definition) is 1. The van der Waals surface area contributed by atoms with Crippen molar-refractivity contribution in [3.05, 3.63) is 58.9 Å². The van der Waals surface area contributed by atoms with Gasteiger partial charge in [0.25, 0.3) is 11.8 Å². The fourth-order valence-corrected chi connectivity index (χ4v) is 3.71. The van der Waals surface area contributed by atoms with Gasteiger partial charge in [-0.15, -0.1) is 0 Å². The standard InChI is InChI=1S/C21H19FN4O2S/c1-12-9-14(6-5-13(12)11-23)25-19(28)21(2,3)26(20(25)29)15-7-8-16(17(22)10-15)18(27)24-4/h5-10H,1-4H3,(H,24,27)/i1D3. The van der Waals surface area contributed by atoms with Crippen LogP contribution in [0.25, 0.3) is 0 Å². The number of aryl methyl sites for hydroxylation is 1. The maximum atomic E-state index is 14.6. The van der Waals surface area contributed by atoms with Gasteiger partial charge < -0.3 is 10.2 Å². The van der Waals surface area contributed by atoms with E-state index in [1.807, 2.05) is 6.07 Å². The molecule has 1 aliphatic rings. The molecule has 0 unspecified atom stereocenters. The Morgan fingerprint density at radius 3 is 2.55 bits per heavy atom. The molecule has 2 aromatic rings. The Balaban J connectivity index is 2.10. The molecule has 1 aliphatic heterocycles. The van der Waals surface area contributed by atoms with E-state index in [1.54, 1.807) is 13.8 Å². The van der Waals surface area contributed by atoms with Crippen molar-refractivity contribution < 1.29 is 18.1 Å². The van der Waals surface area contributed by atoms with E-state index in [0.717, 1.165) is 11.0 Å². The molecule has 8 heteroatoms. The number of nitrogens with one attached hydrogen (secondary N) is 1. The van der Waals surface area contributed by atoms with E-state index in [9.17, 15) is 19.2 Å². The summed E-state index contributed by atoms with van der Waals surface area (Å²) in [5.41, 5.74) is -1.18. The number of halogens is 1. The van der Waals surface area contributed by atoms with Crippen LogP contribution in [0.5, 0.6) is 0 Å². The number of hydrogen-bond acceptors (Lipinski definition) is 4. The lowest BCUT2D eigenvalue weighted by Gasteiger charge is -2.29. The van der Waals surface area contributed by atoms with Crippen LogP contribution in [-0.4, -0.2) is 29.5 Å². The van der Waals surface area contributed by atoms with E-state index < -0.39 is 30.0 Å². The summed E-state index contributed by atoms with van der Waals surface area (Å²) in [7, 11) is 1.38. The Hall–Kier alpha value is -3.31. The lowest BCUT2D eigenvalue weighted by atomic mass is 10.0. The summed E-state index contributed by atoms with van der Waals surface area (Å²) in [6, 6.07) is 9.72. The quantitative estimate of drug-likeness (QED) is 0.782. The van der Waals surface area contributed by atoms with Crippen molar-refractivity contribution in [2.75, 3.05) is 16.8 Å². The van der Waals surface area contributed by atoms with Crippen molar-refractivity contribution in [1.29, 1.82) is 5.26 Å². The van der Waals surface area contributed by atoms with Crippen molar-refractivity contribution in [1.82, 2.24) is 5.32 Å². The molecule has 0 spiro atoms. The molecule has 3 rings (SSSR count). The molecule has 6 nitrogen and oxygen atoms in total. The third-order valence-corrected chi connectivity index (χ3v) is 5.10. The first-order valence-corrected chi connectivity index (χ1v) is 9.00. The number of nitriles is 1. The van der Waals surface area contributed by atoms with Gasteiger partial charge in [-0.1, -0.05) is 0 Å². The number of rotatable bonds is 3. The van der Waals surface area contributed by atoms with Gasteiger partial charge in [-0.2, -0.15) is 5.26 Å². The summed E-state index contributed by atoms with van der Waals surface area (Å²) in [4.78, 5) is 27.7. The third-order valence-electron chi connectivity index (χ3n) is 4.73. The molecular weight excluding hydrogens is 391 g/mol. The van der Waals surface area contributed by atoms with Crippen LogP contribution in [0.1, 0.15) is 39.4 Å². The highest BCUT2D eigenvalue weighted by Crippen LogP contribution is 2.37. The Morgan fingerprint density at radius 1 is 1.28 bits per heavy atom. The van der Waals surface area contributed by atoms with E-state index in [-0.39, 0.29) is 33.2 Å². The van der Waals surface area contributed by atoms with Crippen LogP contribution in [0.3, 0.4) is 0 Å². The number of nitrogens with zero attached hydrogens (tertiary/aromatic N) is 3. The molecule has 1 heterocycles. The van der Waals surface area contributed by atoms with Crippen LogP contribution in [0.2, 0.25) is 0 Å². The highest BCUT2D eigenvalue weighted by Gasteiger charge is 2.50. The Bertz CT molecular complexity index is 1190. The molecule has 0 atom stereocenters. The largest absolute Gasteiger partial charge is 0.355 e. The highest BCUT2D eigenvalue weighted by molar-refractivity contribution is 7.81. The summed E-state index contributed by atoms with van der Waals surface area (Å²) in [6.45, 7) is 0.626. The average molecular weight is 413 g/mol. The van der Waals surface area contributed by atoms with Crippen LogP contribution in [0.4, 0.5) is 15.8 Å². The summed E-state index contributed by atoms with van der Waals surface area (Å²) < 4.78 is 37.7. The van der Waals surface area contributed by atoms with E-state index in [1.165, 1.54) is 42.3 Å². The minimum atomic E-state index is -2.57. The minimum Gasteiger partial charge on any atom is -0.355 e. The molecule has 2 amide bonds. The molecular formula is C21H19FN4O2S. The number of anilines is 2. The van der Waals surface area contributed by atoms with Crippen molar-refractivity contribution in [2.24, 2.45) is 0 Å². The predicted molar refractivity (Wildman–Crippen MR) is 112 cm³/mol. The number of benzene rings is 2. The van der Waals surface area contributed by atoms with Crippen molar-refractivity contribution in [3.63, 3.8) is 0 Å². The smallest absolute Gasteiger partial charge is 0.259 e. The van der Waals surface area contributed by atoms with Gasteiger partial charge in [0.1, 0.15) is 11.4 Å². The van der Waals surface area contributed by atoms with Gasteiger partial charge in [-0.25, -0.2) is 4.39 Å². The maximum absolute atomic E-state index is 14.6. The monoisotopic (exact) mass is 413 g/mol. The maximum Gasteiger partial charge on any atom is 0.259 e. The van der Waals surface area contributed by atoms with E-state index in [4.69, 9.17) is 16.3 Å². The van der Waals surface area contributed by atoms with Gasteiger partial charge in [-0.05, 0) is 74.9 Å². The lowest BCUT2D eigenvalue weighted by molar-refractivity contribution is -0.120. The van der Waals surface area contributed by atoms with Gasteiger partial charge in [0, 0.05) is 16.8 Å². The van der Waals surface area contributed by atoms with Crippen molar-refractivity contribution in [3.8, 4) is 6.07 Å². The average Bonchev–Trinajstić information content (AvgIpc) is 2.90. The first-order valence-electron chi connectivity index (χ1n) is 10.1. The molecule has 1 fully saturated rings. The highest BCUT2D eigenvalue weighted by atomic mass is 32.1. The molecule has 0 aromatic heterocycles. The summed E-state index contributed by atoms with van der Waals surface area (Å²) in [5, 5.41) is 11.6. The van der Waals surface area contributed by atoms with E-state index in [0.29, 0.717) is 0 Å². The molecule has 0 bridgehead atoms.